The van der Waals surface area contributed by atoms with Crippen LogP contribution >= 0.6 is 39.9 Å². The van der Waals surface area contributed by atoms with Crippen molar-refractivity contribution in [1.29, 1.82) is 0 Å². The maximum absolute atomic E-state index is 5.84. The maximum Gasteiger partial charge on any atom is 0.179 e. The first-order valence-corrected chi connectivity index (χ1v) is 13.2. The Labute approximate surface area is 207 Å². The minimum absolute atomic E-state index is 0.00379. The maximum atomic E-state index is 5.84. The van der Waals surface area contributed by atoms with E-state index in [1.807, 2.05) is 36.0 Å². The number of hydrogen-bond donors (Lipinski definition) is 1. The number of benzene rings is 1. The molecule has 1 aromatic rings. The lowest BCUT2D eigenvalue weighted by atomic mass is 9.84. The molecule has 31 heavy (non-hydrogen) atoms. The van der Waals surface area contributed by atoms with Crippen molar-refractivity contribution < 1.29 is 0 Å². The molecule has 2 rings (SSSR count). The zero-order valence-corrected chi connectivity index (χ0v) is 23.5. The quantitative estimate of drug-likeness (QED) is 0.302. The van der Waals surface area contributed by atoms with E-state index in [0.717, 1.165) is 39.2 Å². The van der Waals surface area contributed by atoms with E-state index in [9.17, 15) is 0 Å². The van der Waals surface area contributed by atoms with Crippen molar-refractivity contribution in [3.8, 4) is 0 Å². The molecule has 172 valence electrons. The Hall–Kier alpha value is -0.850. The lowest BCUT2D eigenvalue weighted by Gasteiger charge is -2.30. The van der Waals surface area contributed by atoms with E-state index in [-0.39, 0.29) is 5.41 Å². The minimum Gasteiger partial charge on any atom is -0.332 e. The van der Waals surface area contributed by atoms with Gasteiger partial charge in [-0.05, 0) is 55.1 Å². The molecule has 6 heteroatoms. The van der Waals surface area contributed by atoms with Crippen molar-refractivity contribution in [2.24, 2.45) is 21.7 Å². The highest BCUT2D eigenvalue weighted by atomic mass is 79.9. The van der Waals surface area contributed by atoms with Crippen LogP contribution in [0.2, 0.25) is 0 Å². The van der Waals surface area contributed by atoms with Crippen molar-refractivity contribution in [2.45, 2.75) is 67.9 Å². The molecule has 0 amide bonds. The molecule has 3 nitrogen and oxygen atoms in total. The summed E-state index contributed by atoms with van der Waals surface area (Å²) >= 11 is 11.2. The Morgan fingerprint density at radius 2 is 2.00 bits per heavy atom. The van der Waals surface area contributed by atoms with Crippen molar-refractivity contribution in [3.05, 3.63) is 40.4 Å². The van der Waals surface area contributed by atoms with Crippen LogP contribution in [-0.4, -0.2) is 33.5 Å². The number of amidine groups is 1. The van der Waals surface area contributed by atoms with E-state index in [4.69, 9.17) is 17.2 Å². The molecule has 1 N–H and O–H groups in total. The summed E-state index contributed by atoms with van der Waals surface area (Å²) in [6.45, 7) is 18.9. The molecule has 0 saturated carbocycles. The van der Waals surface area contributed by atoms with E-state index in [1.54, 1.807) is 0 Å². The fraction of sp³-hybridized carbons (Fsp3) is 0.600. The van der Waals surface area contributed by atoms with Crippen molar-refractivity contribution in [2.75, 3.05) is 17.6 Å². The van der Waals surface area contributed by atoms with Crippen LogP contribution in [0.25, 0.3) is 0 Å². The van der Waals surface area contributed by atoms with Crippen molar-refractivity contribution >= 4 is 55.9 Å². The SMILES string of the molecule is C/C(=C\C(C)(C)C/N=C1/SCC(C(C)C)N1C(=S)Nc1cccc(Br)c1)CC(C)(C)C. The van der Waals surface area contributed by atoms with Gasteiger partial charge < -0.3 is 5.32 Å². The van der Waals surface area contributed by atoms with Gasteiger partial charge in [-0.3, -0.25) is 9.89 Å². The topological polar surface area (TPSA) is 27.6 Å². The summed E-state index contributed by atoms with van der Waals surface area (Å²) in [6.07, 6.45) is 3.49. The van der Waals surface area contributed by atoms with Gasteiger partial charge in [0.2, 0.25) is 0 Å². The smallest absolute Gasteiger partial charge is 0.179 e. The number of halogens is 1. The van der Waals surface area contributed by atoms with Crippen LogP contribution in [0.3, 0.4) is 0 Å². The van der Waals surface area contributed by atoms with E-state index >= 15 is 0 Å². The third-order valence-electron chi connectivity index (χ3n) is 5.05. The third kappa shape index (κ3) is 8.54. The normalized spacial score (nSPS) is 19.4. The van der Waals surface area contributed by atoms with Crippen LogP contribution in [0.5, 0.6) is 0 Å². The summed E-state index contributed by atoms with van der Waals surface area (Å²) in [5, 5.41) is 5.16. The second kappa shape index (κ2) is 10.8. The van der Waals surface area contributed by atoms with Crippen molar-refractivity contribution in [3.63, 3.8) is 0 Å². The molecule has 0 spiro atoms. The van der Waals surface area contributed by atoms with Crippen LogP contribution < -0.4 is 5.32 Å². The average molecular weight is 525 g/mol. The second-order valence-electron chi connectivity index (χ2n) is 10.7. The summed E-state index contributed by atoms with van der Waals surface area (Å²) in [6, 6.07) is 8.45. The molecule has 1 heterocycles. The monoisotopic (exact) mass is 523 g/mol. The van der Waals surface area contributed by atoms with Crippen molar-refractivity contribution in [1.82, 2.24) is 4.90 Å². The number of aliphatic imine (C=N–C) groups is 1. The van der Waals surface area contributed by atoms with Gasteiger partial charge >= 0.3 is 0 Å². The predicted octanol–water partition coefficient (Wildman–Crippen LogP) is 7.98. The van der Waals surface area contributed by atoms with E-state index in [2.05, 4.69) is 87.6 Å². The Morgan fingerprint density at radius 1 is 1.32 bits per heavy atom. The zero-order valence-electron chi connectivity index (χ0n) is 20.3. The fourth-order valence-corrected chi connectivity index (χ4v) is 6.09. The number of hydrogen-bond acceptors (Lipinski definition) is 3. The van der Waals surface area contributed by atoms with Crippen LogP contribution in [0.4, 0.5) is 5.69 Å². The molecular weight excluding hydrogens is 486 g/mol. The van der Waals surface area contributed by atoms with E-state index in [1.165, 1.54) is 5.57 Å². The Morgan fingerprint density at radius 3 is 2.58 bits per heavy atom. The third-order valence-corrected chi connectivity index (χ3v) is 6.94. The first kappa shape index (κ1) is 26.4. The summed E-state index contributed by atoms with van der Waals surface area (Å²) < 4.78 is 1.03. The number of anilines is 1. The molecule has 1 aromatic carbocycles. The Kier molecular flexibility index (Phi) is 9.24. The summed E-state index contributed by atoms with van der Waals surface area (Å²) in [5.41, 5.74) is 2.72. The highest BCUT2D eigenvalue weighted by Gasteiger charge is 2.35. The van der Waals surface area contributed by atoms with E-state index in [0.29, 0.717) is 17.4 Å². The van der Waals surface area contributed by atoms with Gasteiger partial charge in [-0.1, -0.05) is 93.9 Å². The molecule has 0 bridgehead atoms. The summed E-state index contributed by atoms with van der Waals surface area (Å²) in [5.74, 6) is 1.50. The molecule has 1 aliphatic heterocycles. The fourth-order valence-electron chi connectivity index (χ4n) is 3.92. The molecule has 1 fully saturated rings. The van der Waals surface area contributed by atoms with Crippen LogP contribution in [-0.2, 0) is 0 Å². The van der Waals surface area contributed by atoms with Crippen LogP contribution in [0, 0.1) is 16.7 Å². The van der Waals surface area contributed by atoms with Gasteiger partial charge in [0.1, 0.15) is 0 Å². The summed E-state index contributed by atoms with van der Waals surface area (Å²) in [4.78, 5) is 7.29. The molecule has 0 aromatic heterocycles. The van der Waals surface area contributed by atoms with Gasteiger partial charge in [-0.15, -0.1) is 0 Å². The standard InChI is InChI=1S/C25H38BrN3S2/c1-17(2)21-15-31-23(27-16-25(7,8)14-18(3)13-24(4,5)6)29(21)22(30)28-20-11-9-10-19(26)12-20/h9-12,14,17,21H,13,15-16H2,1-8H3,(H,28,30)/b18-14+,27-23+. The lowest BCUT2D eigenvalue weighted by molar-refractivity contribution is 0.381. The number of allylic oxidation sites excluding steroid dienone is 1. The van der Waals surface area contributed by atoms with Gasteiger partial charge in [0, 0.05) is 21.3 Å². The molecule has 1 atom stereocenters. The molecular formula is C25H38BrN3S2. The second-order valence-corrected chi connectivity index (χ2v) is 13.0. The number of nitrogens with one attached hydrogen (secondary N) is 1. The van der Waals surface area contributed by atoms with E-state index < -0.39 is 0 Å². The first-order chi connectivity index (χ1) is 14.3. The Balaban J connectivity index is 2.19. The molecule has 0 radical (unpaired) electrons. The van der Waals surface area contributed by atoms with Crippen LogP contribution in [0.1, 0.15) is 61.8 Å². The summed E-state index contributed by atoms with van der Waals surface area (Å²) in [7, 11) is 0. The first-order valence-electron chi connectivity index (χ1n) is 11.0. The highest BCUT2D eigenvalue weighted by Crippen LogP contribution is 2.32. The van der Waals surface area contributed by atoms with Gasteiger partial charge in [0.25, 0.3) is 0 Å². The number of rotatable bonds is 6. The van der Waals surface area contributed by atoms with Gasteiger partial charge in [0.05, 0.1) is 12.6 Å². The van der Waals surface area contributed by atoms with Gasteiger partial charge in [0.15, 0.2) is 10.3 Å². The van der Waals surface area contributed by atoms with Gasteiger partial charge in [-0.2, -0.15) is 0 Å². The lowest BCUT2D eigenvalue weighted by Crippen LogP contribution is -2.44. The molecule has 1 aliphatic rings. The number of nitrogens with zero attached hydrogens (tertiary/aromatic N) is 2. The zero-order chi connectivity index (χ0) is 23.4. The predicted molar refractivity (Wildman–Crippen MR) is 147 cm³/mol. The average Bonchev–Trinajstić information content (AvgIpc) is 3.02. The molecule has 0 aliphatic carbocycles. The molecule has 1 saturated heterocycles. The highest BCUT2D eigenvalue weighted by molar-refractivity contribution is 9.10. The van der Waals surface area contributed by atoms with Crippen LogP contribution in [0.15, 0.2) is 45.4 Å². The number of thioether (sulfide) groups is 1. The largest absolute Gasteiger partial charge is 0.332 e. The minimum atomic E-state index is 0.00379. The number of thiocarbonyl (C=S) groups is 1. The van der Waals surface area contributed by atoms with Gasteiger partial charge in [-0.25, -0.2) is 0 Å². The molecule has 1 unspecified atom stereocenters. The Bertz CT molecular complexity index is 837.